The molecule has 67 heavy (non-hydrogen) atoms. The molecule has 0 bridgehead atoms. The molecule has 5 nitrogen and oxygen atoms in total. The van der Waals surface area contributed by atoms with E-state index >= 15 is 0 Å². The number of fused-ring (bicyclic) bond motifs is 10. The predicted octanol–water partition coefficient (Wildman–Crippen LogP) is 16.3. The highest BCUT2D eigenvalue weighted by Gasteiger charge is 2.20. The Bertz CT molecular complexity index is 4220. The maximum absolute atomic E-state index is 5.25. The number of aromatic nitrogens is 5. The van der Waals surface area contributed by atoms with Gasteiger partial charge < -0.3 is 4.57 Å². The third-order valence-electron chi connectivity index (χ3n) is 13.5. The fourth-order valence-electron chi connectivity index (χ4n) is 10.4. The zero-order chi connectivity index (χ0) is 44.0. The van der Waals surface area contributed by atoms with Crippen molar-refractivity contribution in [2.24, 2.45) is 0 Å². The van der Waals surface area contributed by atoms with Crippen molar-refractivity contribution >= 4 is 85.9 Å². The average Bonchev–Trinajstić information content (AvgIpc) is 4.05. The molecule has 5 aromatic heterocycles. The highest BCUT2D eigenvalue weighted by Crippen LogP contribution is 2.42. The maximum atomic E-state index is 5.25. The van der Waals surface area contributed by atoms with Crippen LogP contribution in [0.3, 0.4) is 0 Å². The van der Waals surface area contributed by atoms with E-state index in [4.69, 9.17) is 9.97 Å². The van der Waals surface area contributed by atoms with E-state index < -0.39 is 0 Å². The Morgan fingerprint density at radius 1 is 0.328 bits per heavy atom. The van der Waals surface area contributed by atoms with Crippen molar-refractivity contribution < 1.29 is 0 Å². The van der Waals surface area contributed by atoms with Crippen molar-refractivity contribution in [1.82, 2.24) is 24.1 Å². The number of thiophene rings is 1. The van der Waals surface area contributed by atoms with Gasteiger partial charge in [0.1, 0.15) is 0 Å². The van der Waals surface area contributed by atoms with Gasteiger partial charge in [0, 0.05) is 70.9 Å². The highest BCUT2D eigenvalue weighted by molar-refractivity contribution is 7.25. The number of rotatable bonds is 6. The molecule has 0 atom stereocenters. The molecule has 6 heteroatoms. The molecule has 14 aromatic rings. The van der Waals surface area contributed by atoms with E-state index in [1.54, 1.807) is 0 Å². The zero-order valence-electron chi connectivity index (χ0n) is 36.0. The number of hydrogen-bond donors (Lipinski definition) is 0. The minimum Gasteiger partial charge on any atom is -0.309 e. The first-order valence-corrected chi connectivity index (χ1v) is 23.4. The lowest BCUT2D eigenvalue weighted by atomic mass is 9.91. The van der Waals surface area contributed by atoms with Gasteiger partial charge in [-0.1, -0.05) is 152 Å². The van der Waals surface area contributed by atoms with Crippen LogP contribution in [0, 0.1) is 0 Å². The smallest absolute Gasteiger partial charge is 0.235 e. The molecule has 0 aliphatic rings. The molecule has 0 saturated heterocycles. The average molecular weight is 872 g/mol. The minimum absolute atomic E-state index is 0.641. The van der Waals surface area contributed by atoms with Crippen LogP contribution in [0.25, 0.3) is 131 Å². The SMILES string of the molecule is c1ccc(-c2cc(-c3ccccc3)nc(-n3c4ccccc4c4cc(-c5ccc(-c6ccc7c8ccccc8n(-c8ccc9sc%10ccncc%10c9c8)c7c6)c6ccccc56)ccc43)n2)cc1. The van der Waals surface area contributed by atoms with Crippen molar-refractivity contribution in [3.63, 3.8) is 0 Å². The standard InChI is InChI=1S/C61H37N5S/c1-3-13-38(14-4-1)53-36-54(39-15-5-2-6-16-39)64-61(63-53)66-56-22-12-10-20-48(56)50-33-40(24-29-57(50)66)43-27-28-44(46-18-8-7-17-45(43)46)41-23-26-49-47-19-9-11-21-55(47)65(58(49)34-41)42-25-30-59-51(35-42)52-37-62-32-31-60(52)67-59/h1-37H. The lowest BCUT2D eigenvalue weighted by Crippen LogP contribution is -2.04. The number of nitrogens with zero attached hydrogens (tertiary/aromatic N) is 5. The van der Waals surface area contributed by atoms with Gasteiger partial charge in [-0.05, 0) is 93.7 Å². The van der Waals surface area contributed by atoms with Crippen molar-refractivity contribution in [2.75, 3.05) is 0 Å². The van der Waals surface area contributed by atoms with E-state index in [2.05, 4.69) is 214 Å². The normalized spacial score (nSPS) is 11.9. The van der Waals surface area contributed by atoms with Crippen LogP contribution in [0.5, 0.6) is 0 Å². The topological polar surface area (TPSA) is 48.5 Å². The Balaban J connectivity index is 0.919. The lowest BCUT2D eigenvalue weighted by molar-refractivity contribution is 0.995. The predicted molar refractivity (Wildman–Crippen MR) is 281 cm³/mol. The molecule has 5 heterocycles. The van der Waals surface area contributed by atoms with Crippen molar-refractivity contribution in [3.8, 4) is 56.4 Å². The summed E-state index contributed by atoms with van der Waals surface area (Å²) in [5.74, 6) is 0.641. The number of benzene rings is 9. The molecule has 0 N–H and O–H groups in total. The first-order chi connectivity index (χ1) is 33.2. The summed E-state index contributed by atoms with van der Waals surface area (Å²) in [4.78, 5) is 15.0. The van der Waals surface area contributed by atoms with Crippen molar-refractivity contribution in [3.05, 3.63) is 225 Å². The van der Waals surface area contributed by atoms with Crippen LogP contribution >= 0.6 is 11.3 Å². The summed E-state index contributed by atoms with van der Waals surface area (Å²) >= 11 is 1.82. The van der Waals surface area contributed by atoms with Gasteiger partial charge in [0.15, 0.2) is 0 Å². The second-order valence-corrected chi connectivity index (χ2v) is 18.3. The number of pyridine rings is 1. The summed E-state index contributed by atoms with van der Waals surface area (Å²) < 4.78 is 7.18. The lowest BCUT2D eigenvalue weighted by Gasteiger charge is -2.14. The van der Waals surface area contributed by atoms with E-state index in [-0.39, 0.29) is 0 Å². The maximum Gasteiger partial charge on any atom is 0.235 e. The molecule has 0 spiro atoms. The Morgan fingerprint density at radius 2 is 0.881 bits per heavy atom. The van der Waals surface area contributed by atoms with Gasteiger partial charge in [0.25, 0.3) is 0 Å². The first kappa shape index (κ1) is 37.6. The van der Waals surface area contributed by atoms with Crippen LogP contribution in [-0.4, -0.2) is 24.1 Å². The third kappa shape index (κ3) is 5.97. The largest absolute Gasteiger partial charge is 0.309 e. The fourth-order valence-corrected chi connectivity index (χ4v) is 11.4. The summed E-state index contributed by atoms with van der Waals surface area (Å²) in [6.45, 7) is 0. The van der Waals surface area contributed by atoms with Gasteiger partial charge in [-0.15, -0.1) is 11.3 Å². The Labute approximate surface area is 389 Å². The van der Waals surface area contributed by atoms with Gasteiger partial charge >= 0.3 is 0 Å². The quantitative estimate of drug-likeness (QED) is 0.167. The number of hydrogen-bond acceptors (Lipinski definition) is 4. The molecule has 0 saturated carbocycles. The van der Waals surface area contributed by atoms with E-state index in [9.17, 15) is 0 Å². The van der Waals surface area contributed by atoms with Gasteiger partial charge in [0.2, 0.25) is 5.95 Å². The molecule has 0 amide bonds. The Hall–Kier alpha value is -8.71. The monoisotopic (exact) mass is 871 g/mol. The summed E-state index contributed by atoms with van der Waals surface area (Å²) in [5, 5.41) is 9.63. The summed E-state index contributed by atoms with van der Waals surface area (Å²) in [5.41, 5.74) is 14.2. The Kier molecular flexibility index (Phi) is 8.38. The molecular formula is C61H37N5S. The van der Waals surface area contributed by atoms with Crippen LogP contribution in [0.1, 0.15) is 0 Å². The molecule has 9 aromatic carbocycles. The molecule has 14 rings (SSSR count). The van der Waals surface area contributed by atoms with E-state index in [0.717, 1.165) is 55.6 Å². The Morgan fingerprint density at radius 3 is 1.58 bits per heavy atom. The first-order valence-electron chi connectivity index (χ1n) is 22.6. The van der Waals surface area contributed by atoms with E-state index in [1.165, 1.54) is 69.4 Å². The second kappa shape index (κ2) is 14.9. The van der Waals surface area contributed by atoms with Crippen LogP contribution in [0.4, 0.5) is 0 Å². The molecule has 312 valence electrons. The minimum atomic E-state index is 0.641. The van der Waals surface area contributed by atoms with Gasteiger partial charge in [-0.2, -0.15) is 0 Å². The van der Waals surface area contributed by atoms with Crippen molar-refractivity contribution in [1.29, 1.82) is 0 Å². The van der Waals surface area contributed by atoms with Crippen LogP contribution < -0.4 is 0 Å². The van der Waals surface area contributed by atoms with Gasteiger partial charge in [0.05, 0.1) is 33.5 Å². The second-order valence-electron chi connectivity index (χ2n) is 17.2. The molecule has 0 aliphatic carbocycles. The number of para-hydroxylation sites is 2. The van der Waals surface area contributed by atoms with E-state index in [0.29, 0.717) is 5.95 Å². The fraction of sp³-hybridized carbons (Fsp3) is 0. The van der Waals surface area contributed by atoms with E-state index in [1.807, 2.05) is 35.9 Å². The highest BCUT2D eigenvalue weighted by atomic mass is 32.1. The molecule has 0 fully saturated rings. The van der Waals surface area contributed by atoms with Crippen LogP contribution in [0.15, 0.2) is 225 Å². The van der Waals surface area contributed by atoms with Gasteiger partial charge in [-0.3, -0.25) is 9.55 Å². The molecular weight excluding hydrogens is 835 g/mol. The molecule has 0 aliphatic heterocycles. The molecule has 0 unspecified atom stereocenters. The summed E-state index contributed by atoms with van der Waals surface area (Å²) in [7, 11) is 0. The van der Waals surface area contributed by atoms with Crippen LogP contribution in [0.2, 0.25) is 0 Å². The summed E-state index contributed by atoms with van der Waals surface area (Å²) in [6.07, 6.45) is 3.88. The third-order valence-corrected chi connectivity index (χ3v) is 14.6. The summed E-state index contributed by atoms with van der Waals surface area (Å²) in [6, 6.07) is 76.5. The van der Waals surface area contributed by atoms with Crippen LogP contribution in [-0.2, 0) is 0 Å². The van der Waals surface area contributed by atoms with Gasteiger partial charge in [-0.25, -0.2) is 9.97 Å². The van der Waals surface area contributed by atoms with Crippen molar-refractivity contribution in [2.45, 2.75) is 0 Å². The zero-order valence-corrected chi connectivity index (χ0v) is 36.8. The molecule has 0 radical (unpaired) electrons.